The van der Waals surface area contributed by atoms with Crippen LogP contribution in [0.3, 0.4) is 0 Å². The monoisotopic (exact) mass is 427 g/mol. The minimum absolute atomic E-state index is 0.341. The largest absolute Gasteiger partial charge is 0.465 e. The Morgan fingerprint density at radius 2 is 2.07 bits per heavy atom. The zero-order valence-electron chi connectivity index (χ0n) is 18.1. The number of carboxylic acid groups (broad SMARTS) is 1. The van der Waals surface area contributed by atoms with Gasteiger partial charge in [-0.25, -0.2) is 9.78 Å². The van der Waals surface area contributed by atoms with Crippen LogP contribution in [0.4, 0.5) is 4.79 Å². The highest BCUT2D eigenvalue weighted by Crippen LogP contribution is 2.34. The third-order valence-electron chi connectivity index (χ3n) is 5.61. The van der Waals surface area contributed by atoms with Crippen LogP contribution >= 0.6 is 0 Å². The second-order valence-corrected chi connectivity index (χ2v) is 14.7. The maximum atomic E-state index is 11.5. The zero-order valence-corrected chi connectivity index (χ0v) is 19.1. The summed E-state index contributed by atoms with van der Waals surface area (Å²) in [5.74, 6) is 0. The minimum Gasteiger partial charge on any atom is -0.465 e. The molecule has 0 aliphatic carbocycles. The highest BCUT2D eigenvalue weighted by atomic mass is 28.3. The van der Waals surface area contributed by atoms with Crippen LogP contribution in [0.5, 0.6) is 0 Å². The van der Waals surface area contributed by atoms with Crippen molar-refractivity contribution in [2.45, 2.75) is 52.4 Å². The summed E-state index contributed by atoms with van der Waals surface area (Å²) in [6.07, 6.45) is 4.83. The van der Waals surface area contributed by atoms with Crippen molar-refractivity contribution < 1.29 is 14.6 Å². The van der Waals surface area contributed by atoms with Crippen LogP contribution in [0.1, 0.15) is 11.3 Å². The fraction of sp³-hybridized carbons (Fsp3) is 0.476. The van der Waals surface area contributed by atoms with Gasteiger partial charge in [0.05, 0.1) is 25.0 Å². The molecule has 3 aromatic heterocycles. The molecule has 8 nitrogen and oxygen atoms in total. The zero-order chi connectivity index (χ0) is 21.5. The number of rotatable bonds is 6. The second-order valence-electron chi connectivity index (χ2n) is 9.12. The summed E-state index contributed by atoms with van der Waals surface area (Å²) in [6.45, 7) is 11.7. The predicted molar refractivity (Wildman–Crippen MR) is 118 cm³/mol. The van der Waals surface area contributed by atoms with Gasteiger partial charge in [-0.3, -0.25) is 4.68 Å². The van der Waals surface area contributed by atoms with Gasteiger partial charge in [-0.15, -0.1) is 0 Å². The van der Waals surface area contributed by atoms with E-state index in [9.17, 15) is 9.90 Å². The van der Waals surface area contributed by atoms with Gasteiger partial charge in [-0.1, -0.05) is 19.6 Å². The summed E-state index contributed by atoms with van der Waals surface area (Å²) < 4.78 is 9.91. The lowest BCUT2D eigenvalue weighted by atomic mass is 10.0. The van der Waals surface area contributed by atoms with Gasteiger partial charge in [-0.05, 0) is 30.2 Å². The third-order valence-corrected chi connectivity index (χ3v) is 7.31. The van der Waals surface area contributed by atoms with E-state index in [0.717, 1.165) is 46.1 Å². The molecule has 4 heterocycles. The highest BCUT2D eigenvalue weighted by molar-refractivity contribution is 6.76. The SMILES string of the molecule is Cc1cn(COCC[Si](C)(C)C)c2nccc(-c3cnn4c3CN(C(=O)O)CC4)c12. The highest BCUT2D eigenvalue weighted by Gasteiger charge is 2.25. The average molecular weight is 428 g/mol. The molecule has 0 atom stereocenters. The number of fused-ring (bicyclic) bond motifs is 2. The molecule has 1 amide bonds. The first-order chi connectivity index (χ1) is 14.2. The summed E-state index contributed by atoms with van der Waals surface area (Å²) in [5, 5.41) is 15.0. The smallest absolute Gasteiger partial charge is 0.407 e. The van der Waals surface area contributed by atoms with E-state index < -0.39 is 14.2 Å². The Morgan fingerprint density at radius 3 is 2.80 bits per heavy atom. The van der Waals surface area contributed by atoms with E-state index in [1.807, 2.05) is 16.9 Å². The summed E-state index contributed by atoms with van der Waals surface area (Å²) in [6, 6.07) is 3.12. The van der Waals surface area contributed by atoms with Crippen LogP contribution in [0.25, 0.3) is 22.2 Å². The molecule has 1 aliphatic heterocycles. The maximum Gasteiger partial charge on any atom is 0.407 e. The molecule has 4 rings (SSSR count). The number of pyridine rings is 1. The summed E-state index contributed by atoms with van der Waals surface area (Å²) in [7, 11) is -1.12. The molecule has 1 N–H and O–H groups in total. The Bertz CT molecular complexity index is 1080. The van der Waals surface area contributed by atoms with E-state index in [2.05, 4.69) is 47.4 Å². The van der Waals surface area contributed by atoms with Crippen molar-refractivity contribution in [2.24, 2.45) is 0 Å². The standard InChI is InChI=1S/C21H29N5O3Si/c1-15-12-25(14-29-9-10-30(2,3)4)20-19(15)16(5-6-22-20)17-11-23-26-8-7-24(21(27)28)13-18(17)26/h5-6,11-12H,7-10,13-14H2,1-4H3,(H,27,28). The van der Waals surface area contributed by atoms with Gasteiger partial charge in [-0.2, -0.15) is 5.10 Å². The van der Waals surface area contributed by atoms with Gasteiger partial charge in [0.2, 0.25) is 0 Å². The van der Waals surface area contributed by atoms with Crippen molar-refractivity contribution in [3.63, 3.8) is 0 Å². The number of hydrogen-bond acceptors (Lipinski definition) is 4. The number of ether oxygens (including phenoxy) is 1. The Kier molecular flexibility index (Phi) is 5.41. The first kappa shape index (κ1) is 20.6. The van der Waals surface area contributed by atoms with Crippen LogP contribution in [0.2, 0.25) is 25.7 Å². The molecule has 0 saturated carbocycles. The van der Waals surface area contributed by atoms with Crippen molar-refractivity contribution in [3.05, 3.63) is 35.9 Å². The molecule has 0 spiro atoms. The lowest BCUT2D eigenvalue weighted by molar-refractivity contribution is 0.0898. The van der Waals surface area contributed by atoms with Gasteiger partial charge in [0.15, 0.2) is 0 Å². The number of aromatic nitrogens is 4. The third kappa shape index (κ3) is 3.99. The maximum absolute atomic E-state index is 11.5. The Hall–Kier alpha value is -2.65. The Morgan fingerprint density at radius 1 is 1.27 bits per heavy atom. The van der Waals surface area contributed by atoms with E-state index >= 15 is 0 Å². The number of carbonyl (C=O) groups is 1. The fourth-order valence-corrected chi connectivity index (χ4v) is 4.67. The number of nitrogens with zero attached hydrogens (tertiary/aromatic N) is 5. The molecule has 0 bridgehead atoms. The summed E-state index contributed by atoms with van der Waals surface area (Å²) in [5.41, 5.74) is 4.92. The van der Waals surface area contributed by atoms with Gasteiger partial charge >= 0.3 is 6.09 Å². The van der Waals surface area contributed by atoms with Gasteiger partial charge in [0, 0.05) is 44.6 Å². The second kappa shape index (κ2) is 7.88. The van der Waals surface area contributed by atoms with E-state index in [1.165, 1.54) is 4.90 Å². The topological polar surface area (TPSA) is 85.4 Å². The molecule has 0 saturated heterocycles. The van der Waals surface area contributed by atoms with Crippen LogP contribution < -0.4 is 0 Å². The summed E-state index contributed by atoms with van der Waals surface area (Å²) in [4.78, 5) is 17.5. The van der Waals surface area contributed by atoms with Gasteiger partial charge in [0.25, 0.3) is 0 Å². The minimum atomic E-state index is -1.12. The molecule has 0 unspecified atom stereocenters. The predicted octanol–water partition coefficient (Wildman–Crippen LogP) is 4.01. The quantitative estimate of drug-likeness (QED) is 0.474. The van der Waals surface area contributed by atoms with Crippen molar-refractivity contribution >= 4 is 25.2 Å². The Labute approximate surface area is 177 Å². The molecule has 1 aliphatic rings. The fourth-order valence-electron chi connectivity index (χ4n) is 3.91. The van der Waals surface area contributed by atoms with Gasteiger partial charge in [0.1, 0.15) is 12.4 Å². The van der Waals surface area contributed by atoms with Crippen molar-refractivity contribution in [1.29, 1.82) is 0 Å². The molecule has 3 aromatic rings. The number of hydrogen-bond donors (Lipinski definition) is 1. The van der Waals surface area contributed by atoms with Crippen molar-refractivity contribution in [2.75, 3.05) is 13.2 Å². The summed E-state index contributed by atoms with van der Waals surface area (Å²) >= 11 is 0. The molecule has 0 fully saturated rings. The van der Waals surface area contributed by atoms with Gasteiger partial charge < -0.3 is 19.3 Å². The molecule has 0 aromatic carbocycles. The number of aryl methyl sites for hydroxylation is 1. The molecular weight excluding hydrogens is 398 g/mol. The lowest BCUT2D eigenvalue weighted by Crippen LogP contribution is -2.37. The van der Waals surface area contributed by atoms with E-state index in [1.54, 1.807) is 6.20 Å². The van der Waals surface area contributed by atoms with Crippen LogP contribution in [-0.2, 0) is 24.6 Å². The first-order valence-corrected chi connectivity index (χ1v) is 14.0. The van der Waals surface area contributed by atoms with Crippen molar-refractivity contribution in [3.8, 4) is 11.1 Å². The molecular formula is C21H29N5O3Si. The van der Waals surface area contributed by atoms with E-state index in [-0.39, 0.29) is 0 Å². The molecule has 9 heteroatoms. The normalized spacial score (nSPS) is 14.3. The van der Waals surface area contributed by atoms with Crippen LogP contribution in [-0.4, -0.2) is 56.7 Å². The van der Waals surface area contributed by atoms with Crippen molar-refractivity contribution in [1.82, 2.24) is 24.2 Å². The van der Waals surface area contributed by atoms with E-state index in [4.69, 9.17) is 4.74 Å². The average Bonchev–Trinajstić information content (AvgIpc) is 3.25. The Balaban J connectivity index is 1.65. The van der Waals surface area contributed by atoms with E-state index in [0.29, 0.717) is 26.4 Å². The number of amides is 1. The van der Waals surface area contributed by atoms with Crippen LogP contribution in [0.15, 0.2) is 24.7 Å². The first-order valence-electron chi connectivity index (χ1n) is 10.3. The molecule has 30 heavy (non-hydrogen) atoms. The molecule has 160 valence electrons. The van der Waals surface area contributed by atoms with Crippen LogP contribution in [0, 0.1) is 6.92 Å². The molecule has 0 radical (unpaired) electrons. The lowest BCUT2D eigenvalue weighted by Gasteiger charge is -2.26.